The van der Waals surface area contributed by atoms with Crippen LogP contribution in [-0.2, 0) is 0 Å². The molecule has 5 nitrogen and oxygen atoms in total. The number of carbonyl (C=O) groups is 1. The lowest BCUT2D eigenvalue weighted by molar-refractivity contribution is 0.102. The van der Waals surface area contributed by atoms with E-state index in [1.54, 1.807) is 43.5 Å². The molecule has 3 N–H and O–H groups in total. The zero-order valence-electron chi connectivity index (χ0n) is 12.8. The molecule has 116 valence electrons. The SMILES string of the molecule is CCCOc1cccc(C(=O)Nc2cc(N)ccc2OC)c1. The van der Waals surface area contributed by atoms with Crippen molar-refractivity contribution in [3.05, 3.63) is 48.0 Å². The van der Waals surface area contributed by atoms with Gasteiger partial charge in [-0.15, -0.1) is 0 Å². The molecule has 0 aliphatic heterocycles. The molecule has 5 heteroatoms. The Bertz CT molecular complexity index is 656. The van der Waals surface area contributed by atoms with Gasteiger partial charge in [-0.2, -0.15) is 0 Å². The number of amides is 1. The predicted molar refractivity (Wildman–Crippen MR) is 87.6 cm³/mol. The van der Waals surface area contributed by atoms with Crippen molar-refractivity contribution >= 4 is 17.3 Å². The van der Waals surface area contributed by atoms with E-state index in [0.717, 1.165) is 6.42 Å². The molecule has 0 fully saturated rings. The summed E-state index contributed by atoms with van der Waals surface area (Å²) >= 11 is 0. The highest BCUT2D eigenvalue weighted by Crippen LogP contribution is 2.27. The van der Waals surface area contributed by atoms with Crippen molar-refractivity contribution in [2.24, 2.45) is 0 Å². The fourth-order valence-electron chi connectivity index (χ4n) is 1.96. The molecule has 2 rings (SSSR count). The molecule has 1 amide bonds. The van der Waals surface area contributed by atoms with Crippen LogP contribution < -0.4 is 20.5 Å². The Morgan fingerprint density at radius 2 is 2.05 bits per heavy atom. The number of methoxy groups -OCH3 is 1. The van der Waals surface area contributed by atoms with Crippen molar-refractivity contribution < 1.29 is 14.3 Å². The van der Waals surface area contributed by atoms with Crippen LogP contribution in [-0.4, -0.2) is 19.6 Å². The summed E-state index contributed by atoms with van der Waals surface area (Å²) < 4.78 is 10.8. The normalized spacial score (nSPS) is 10.1. The first-order valence-corrected chi connectivity index (χ1v) is 7.11. The van der Waals surface area contributed by atoms with E-state index in [2.05, 4.69) is 5.32 Å². The standard InChI is InChI=1S/C17H20N2O3/c1-3-9-22-14-6-4-5-12(10-14)17(20)19-15-11-13(18)7-8-16(15)21-2/h4-8,10-11H,3,9,18H2,1-2H3,(H,19,20). The second-order valence-corrected chi connectivity index (χ2v) is 4.79. The van der Waals surface area contributed by atoms with E-state index < -0.39 is 0 Å². The van der Waals surface area contributed by atoms with Crippen LogP contribution in [0.2, 0.25) is 0 Å². The van der Waals surface area contributed by atoms with Crippen molar-refractivity contribution in [3.8, 4) is 11.5 Å². The summed E-state index contributed by atoms with van der Waals surface area (Å²) in [6.07, 6.45) is 0.914. The minimum Gasteiger partial charge on any atom is -0.495 e. The average molecular weight is 300 g/mol. The molecule has 0 spiro atoms. The Hall–Kier alpha value is -2.69. The molecule has 0 radical (unpaired) electrons. The van der Waals surface area contributed by atoms with Crippen molar-refractivity contribution in [2.75, 3.05) is 24.8 Å². The van der Waals surface area contributed by atoms with E-state index in [1.165, 1.54) is 0 Å². The molecule has 0 atom stereocenters. The maximum atomic E-state index is 12.4. The van der Waals surface area contributed by atoms with Crippen LogP contribution in [0.1, 0.15) is 23.7 Å². The Morgan fingerprint density at radius 1 is 1.23 bits per heavy atom. The number of carbonyl (C=O) groups excluding carboxylic acids is 1. The summed E-state index contributed by atoms with van der Waals surface area (Å²) in [6.45, 7) is 2.65. The summed E-state index contributed by atoms with van der Waals surface area (Å²) in [4.78, 5) is 12.4. The van der Waals surface area contributed by atoms with E-state index in [9.17, 15) is 4.79 Å². The number of ether oxygens (including phenoxy) is 2. The maximum absolute atomic E-state index is 12.4. The number of nitrogen functional groups attached to an aromatic ring is 1. The molecule has 0 bridgehead atoms. The van der Waals surface area contributed by atoms with Gasteiger partial charge in [-0.3, -0.25) is 4.79 Å². The molecule has 0 unspecified atom stereocenters. The zero-order valence-corrected chi connectivity index (χ0v) is 12.8. The Balaban J connectivity index is 2.17. The maximum Gasteiger partial charge on any atom is 0.255 e. The third-order valence-corrected chi connectivity index (χ3v) is 3.04. The van der Waals surface area contributed by atoms with Crippen LogP contribution in [0.25, 0.3) is 0 Å². The molecule has 22 heavy (non-hydrogen) atoms. The molecule has 2 aromatic rings. The summed E-state index contributed by atoms with van der Waals surface area (Å²) in [5.41, 5.74) is 7.35. The molecule has 0 aliphatic rings. The van der Waals surface area contributed by atoms with Gasteiger partial charge in [0.1, 0.15) is 11.5 Å². The highest BCUT2D eigenvalue weighted by Gasteiger charge is 2.11. The lowest BCUT2D eigenvalue weighted by Crippen LogP contribution is -2.13. The number of anilines is 2. The molecular weight excluding hydrogens is 280 g/mol. The smallest absolute Gasteiger partial charge is 0.255 e. The monoisotopic (exact) mass is 300 g/mol. The minimum absolute atomic E-state index is 0.245. The number of nitrogens with two attached hydrogens (primary N) is 1. The predicted octanol–water partition coefficient (Wildman–Crippen LogP) is 3.32. The molecule has 0 saturated carbocycles. The van der Waals surface area contributed by atoms with Gasteiger partial charge in [0.05, 0.1) is 19.4 Å². The van der Waals surface area contributed by atoms with Gasteiger partial charge in [0, 0.05) is 11.3 Å². The van der Waals surface area contributed by atoms with Crippen molar-refractivity contribution in [1.82, 2.24) is 0 Å². The summed E-state index contributed by atoms with van der Waals surface area (Å²) in [7, 11) is 1.54. The molecule has 0 heterocycles. The summed E-state index contributed by atoms with van der Waals surface area (Å²) in [5.74, 6) is 0.987. The highest BCUT2D eigenvalue weighted by atomic mass is 16.5. The molecule has 0 aromatic heterocycles. The minimum atomic E-state index is -0.245. The fourth-order valence-corrected chi connectivity index (χ4v) is 1.96. The lowest BCUT2D eigenvalue weighted by atomic mass is 10.2. The van der Waals surface area contributed by atoms with Crippen molar-refractivity contribution in [2.45, 2.75) is 13.3 Å². The second kappa shape index (κ2) is 7.36. The van der Waals surface area contributed by atoms with Crippen LogP contribution >= 0.6 is 0 Å². The van der Waals surface area contributed by atoms with Crippen LogP contribution in [0.5, 0.6) is 11.5 Å². The third-order valence-electron chi connectivity index (χ3n) is 3.04. The fraction of sp³-hybridized carbons (Fsp3) is 0.235. The van der Waals surface area contributed by atoms with Gasteiger partial charge in [0.15, 0.2) is 0 Å². The van der Waals surface area contributed by atoms with Gasteiger partial charge in [0.2, 0.25) is 0 Å². The van der Waals surface area contributed by atoms with Crippen molar-refractivity contribution in [3.63, 3.8) is 0 Å². The first-order valence-electron chi connectivity index (χ1n) is 7.11. The van der Waals surface area contributed by atoms with E-state index in [1.807, 2.05) is 13.0 Å². The number of nitrogens with one attached hydrogen (secondary N) is 1. The molecular formula is C17H20N2O3. The summed E-state index contributed by atoms with van der Waals surface area (Å²) in [6, 6.07) is 12.1. The quantitative estimate of drug-likeness (QED) is 0.803. The summed E-state index contributed by atoms with van der Waals surface area (Å²) in [5, 5.41) is 2.80. The van der Waals surface area contributed by atoms with Crippen LogP contribution in [0.3, 0.4) is 0 Å². The first-order chi connectivity index (χ1) is 10.6. The van der Waals surface area contributed by atoms with E-state index >= 15 is 0 Å². The second-order valence-electron chi connectivity index (χ2n) is 4.79. The van der Waals surface area contributed by atoms with Gasteiger partial charge < -0.3 is 20.5 Å². The Labute approximate surface area is 130 Å². The average Bonchev–Trinajstić information content (AvgIpc) is 2.53. The zero-order chi connectivity index (χ0) is 15.9. The third kappa shape index (κ3) is 3.91. The van der Waals surface area contributed by atoms with Gasteiger partial charge in [-0.1, -0.05) is 13.0 Å². The van der Waals surface area contributed by atoms with E-state index in [-0.39, 0.29) is 5.91 Å². The topological polar surface area (TPSA) is 73.6 Å². The Kier molecular flexibility index (Phi) is 5.25. The van der Waals surface area contributed by atoms with E-state index in [4.69, 9.17) is 15.2 Å². The first kappa shape index (κ1) is 15.7. The number of hydrogen-bond donors (Lipinski definition) is 2. The van der Waals surface area contributed by atoms with Crippen LogP contribution in [0, 0.1) is 0 Å². The van der Waals surface area contributed by atoms with E-state index in [0.29, 0.717) is 35.0 Å². The molecule has 0 saturated heterocycles. The van der Waals surface area contributed by atoms with Crippen LogP contribution in [0.15, 0.2) is 42.5 Å². The van der Waals surface area contributed by atoms with Gasteiger partial charge in [-0.05, 0) is 42.8 Å². The van der Waals surface area contributed by atoms with Gasteiger partial charge in [0.25, 0.3) is 5.91 Å². The lowest BCUT2D eigenvalue weighted by Gasteiger charge is -2.11. The molecule has 2 aromatic carbocycles. The Morgan fingerprint density at radius 3 is 2.77 bits per heavy atom. The number of benzene rings is 2. The number of rotatable bonds is 6. The largest absolute Gasteiger partial charge is 0.495 e. The molecule has 0 aliphatic carbocycles. The highest BCUT2D eigenvalue weighted by molar-refractivity contribution is 6.05. The number of hydrogen-bond acceptors (Lipinski definition) is 4. The van der Waals surface area contributed by atoms with Gasteiger partial charge in [-0.25, -0.2) is 0 Å². The van der Waals surface area contributed by atoms with Gasteiger partial charge >= 0.3 is 0 Å². The van der Waals surface area contributed by atoms with Crippen LogP contribution in [0.4, 0.5) is 11.4 Å². The van der Waals surface area contributed by atoms with Crippen molar-refractivity contribution in [1.29, 1.82) is 0 Å².